The maximum atomic E-state index is 12.9. The highest BCUT2D eigenvalue weighted by atomic mass is 16.5. The lowest BCUT2D eigenvalue weighted by Crippen LogP contribution is -2.25. The lowest BCUT2D eigenvalue weighted by Gasteiger charge is -2.32. The average Bonchev–Trinajstić information content (AvgIpc) is 3.01. The molecule has 0 amide bonds. The van der Waals surface area contributed by atoms with Crippen LogP contribution in [0.3, 0.4) is 0 Å². The lowest BCUT2D eigenvalue weighted by molar-refractivity contribution is 0.0600. The molecule has 5 aromatic carbocycles. The fourth-order valence-electron chi connectivity index (χ4n) is 4.90. The van der Waals surface area contributed by atoms with Crippen molar-refractivity contribution in [1.29, 1.82) is 0 Å². The molecule has 0 spiro atoms. The molecule has 5 aromatic rings. The Balaban J connectivity index is 1.33. The van der Waals surface area contributed by atoms with E-state index in [1.807, 2.05) is 54.6 Å². The number of hydrogen-bond donors (Lipinski definition) is 0. The van der Waals surface area contributed by atoms with E-state index < -0.39 is 5.97 Å². The minimum atomic E-state index is -0.426. The maximum absolute atomic E-state index is 12.9. The van der Waals surface area contributed by atoms with E-state index in [0.717, 1.165) is 16.7 Å². The van der Waals surface area contributed by atoms with Gasteiger partial charge in [0.1, 0.15) is 5.75 Å². The van der Waals surface area contributed by atoms with Crippen molar-refractivity contribution < 1.29 is 19.1 Å². The minimum Gasteiger partial charge on any atom is -0.465 e. The Morgan fingerprint density at radius 3 is 1.50 bits per heavy atom. The molecule has 198 valence electrons. The van der Waals surface area contributed by atoms with Gasteiger partial charge in [-0.1, -0.05) is 96.6 Å². The van der Waals surface area contributed by atoms with E-state index in [0.29, 0.717) is 16.9 Å². The number of rotatable bonds is 7. The monoisotopic (exact) mass is 526 g/mol. The van der Waals surface area contributed by atoms with Gasteiger partial charge >= 0.3 is 11.9 Å². The van der Waals surface area contributed by atoms with Crippen LogP contribution in [0, 0.1) is 6.92 Å². The first-order chi connectivity index (χ1) is 19.4. The van der Waals surface area contributed by atoms with Gasteiger partial charge < -0.3 is 9.47 Å². The van der Waals surface area contributed by atoms with Gasteiger partial charge in [-0.05, 0) is 78.1 Å². The van der Waals surface area contributed by atoms with Crippen LogP contribution in [0.4, 0.5) is 0 Å². The number of methoxy groups -OCH3 is 1. The van der Waals surface area contributed by atoms with Crippen molar-refractivity contribution >= 4 is 11.9 Å². The first-order valence-electron chi connectivity index (χ1n) is 13.1. The topological polar surface area (TPSA) is 52.6 Å². The summed E-state index contributed by atoms with van der Waals surface area (Å²) in [6.45, 7) is 4.31. The Morgan fingerprint density at radius 1 is 0.550 bits per heavy atom. The maximum Gasteiger partial charge on any atom is 0.343 e. The molecule has 0 heterocycles. The van der Waals surface area contributed by atoms with Crippen molar-refractivity contribution in [3.8, 4) is 16.9 Å². The van der Waals surface area contributed by atoms with Gasteiger partial charge in [0, 0.05) is 5.41 Å². The van der Waals surface area contributed by atoms with E-state index >= 15 is 0 Å². The predicted octanol–water partition coefficient (Wildman–Crippen LogP) is 8.02. The third-order valence-corrected chi connectivity index (χ3v) is 7.38. The third-order valence-electron chi connectivity index (χ3n) is 7.38. The van der Waals surface area contributed by atoms with E-state index in [2.05, 4.69) is 62.4 Å². The van der Waals surface area contributed by atoms with Crippen LogP contribution in [0.25, 0.3) is 11.1 Å². The van der Waals surface area contributed by atoms with Gasteiger partial charge in [0.2, 0.25) is 0 Å². The number of hydrogen-bond acceptors (Lipinski definition) is 4. The molecule has 0 aliphatic rings. The smallest absolute Gasteiger partial charge is 0.343 e. The SMILES string of the molecule is COC(=O)c1ccc(-c2ccc(C(=O)Oc3ccc(C(C)(c4ccccc4)c4ccc(C)cc4)cc3)cc2)cc1. The quantitative estimate of drug-likeness (QED) is 0.122. The highest BCUT2D eigenvalue weighted by Gasteiger charge is 2.31. The van der Waals surface area contributed by atoms with Crippen LogP contribution in [-0.2, 0) is 10.2 Å². The molecule has 5 rings (SSSR count). The molecule has 4 nitrogen and oxygen atoms in total. The second-order valence-electron chi connectivity index (χ2n) is 9.92. The zero-order valence-corrected chi connectivity index (χ0v) is 22.8. The van der Waals surface area contributed by atoms with E-state index in [1.54, 1.807) is 24.3 Å². The van der Waals surface area contributed by atoms with Crippen LogP contribution in [0.5, 0.6) is 5.75 Å². The highest BCUT2D eigenvalue weighted by molar-refractivity contribution is 5.92. The summed E-state index contributed by atoms with van der Waals surface area (Å²) >= 11 is 0. The number of carbonyl (C=O) groups excluding carboxylic acids is 2. The van der Waals surface area contributed by atoms with Crippen molar-refractivity contribution in [3.63, 3.8) is 0 Å². The molecule has 0 fully saturated rings. The molecular formula is C36H30O4. The van der Waals surface area contributed by atoms with Crippen molar-refractivity contribution in [1.82, 2.24) is 0 Å². The lowest BCUT2D eigenvalue weighted by atomic mass is 9.71. The number of esters is 2. The average molecular weight is 527 g/mol. The fraction of sp³-hybridized carbons (Fsp3) is 0.111. The Kier molecular flexibility index (Phi) is 7.61. The molecule has 0 bridgehead atoms. The predicted molar refractivity (Wildman–Crippen MR) is 158 cm³/mol. The summed E-state index contributed by atoms with van der Waals surface area (Å²) in [5.41, 5.74) is 7.11. The molecule has 0 aliphatic heterocycles. The number of ether oxygens (including phenoxy) is 2. The Labute approximate surface area is 234 Å². The molecule has 1 unspecified atom stereocenters. The van der Waals surface area contributed by atoms with Gasteiger partial charge in [-0.2, -0.15) is 0 Å². The second-order valence-corrected chi connectivity index (χ2v) is 9.92. The van der Waals surface area contributed by atoms with E-state index in [4.69, 9.17) is 9.47 Å². The zero-order chi connectivity index (χ0) is 28.1. The molecule has 0 aliphatic carbocycles. The Morgan fingerprint density at radius 2 is 1.00 bits per heavy atom. The standard InChI is InChI=1S/C36H30O4/c1-25-9-19-31(20-10-25)36(2,30-7-5-4-6-8-30)32-21-23-33(24-22-32)40-35(38)29-17-13-27(14-18-29)26-11-15-28(16-12-26)34(37)39-3/h4-24H,1-3H3. The molecule has 0 saturated carbocycles. The van der Waals surface area contributed by atoms with Gasteiger partial charge in [-0.25, -0.2) is 9.59 Å². The van der Waals surface area contributed by atoms with Crippen LogP contribution in [0.1, 0.15) is 49.9 Å². The summed E-state index contributed by atoms with van der Waals surface area (Å²) in [4.78, 5) is 24.6. The normalized spacial score (nSPS) is 12.3. The number of benzene rings is 5. The van der Waals surface area contributed by atoms with Gasteiger partial charge in [-0.3, -0.25) is 0 Å². The van der Waals surface area contributed by atoms with Crippen molar-refractivity contribution in [2.45, 2.75) is 19.3 Å². The first kappa shape index (κ1) is 26.6. The summed E-state index contributed by atoms with van der Waals surface area (Å²) in [6.07, 6.45) is 0. The first-order valence-corrected chi connectivity index (χ1v) is 13.1. The second kappa shape index (κ2) is 11.4. The van der Waals surface area contributed by atoms with Crippen LogP contribution in [0.15, 0.2) is 127 Å². The van der Waals surface area contributed by atoms with Crippen molar-refractivity contribution in [2.24, 2.45) is 0 Å². The van der Waals surface area contributed by atoms with Crippen LogP contribution in [0.2, 0.25) is 0 Å². The van der Waals surface area contributed by atoms with Crippen LogP contribution >= 0.6 is 0 Å². The zero-order valence-electron chi connectivity index (χ0n) is 22.8. The van der Waals surface area contributed by atoms with Crippen molar-refractivity contribution in [2.75, 3.05) is 7.11 Å². The molecule has 1 atom stereocenters. The fourth-order valence-corrected chi connectivity index (χ4v) is 4.90. The van der Waals surface area contributed by atoms with E-state index in [-0.39, 0.29) is 11.4 Å². The highest BCUT2D eigenvalue weighted by Crippen LogP contribution is 2.39. The Hall–Kier alpha value is -4.96. The Bertz CT molecular complexity index is 1600. The van der Waals surface area contributed by atoms with Gasteiger partial charge in [-0.15, -0.1) is 0 Å². The van der Waals surface area contributed by atoms with Gasteiger partial charge in [0.05, 0.1) is 18.2 Å². The molecule has 0 saturated heterocycles. The van der Waals surface area contributed by atoms with E-state index in [9.17, 15) is 9.59 Å². The van der Waals surface area contributed by atoms with E-state index in [1.165, 1.54) is 23.8 Å². The van der Waals surface area contributed by atoms with Crippen LogP contribution in [-0.4, -0.2) is 19.0 Å². The summed E-state index contributed by atoms with van der Waals surface area (Å²) in [7, 11) is 1.36. The molecule has 40 heavy (non-hydrogen) atoms. The van der Waals surface area contributed by atoms with Gasteiger partial charge in [0.25, 0.3) is 0 Å². The largest absolute Gasteiger partial charge is 0.465 e. The molecule has 4 heteroatoms. The van der Waals surface area contributed by atoms with Crippen LogP contribution < -0.4 is 4.74 Å². The summed E-state index contributed by atoms with van der Waals surface area (Å²) in [6, 6.07) is 41.1. The summed E-state index contributed by atoms with van der Waals surface area (Å²) in [5, 5.41) is 0. The summed E-state index contributed by atoms with van der Waals surface area (Å²) in [5.74, 6) is -0.322. The molecule has 0 N–H and O–H groups in total. The van der Waals surface area contributed by atoms with Crippen molar-refractivity contribution in [3.05, 3.63) is 161 Å². The number of aryl methyl sites for hydroxylation is 1. The molecule has 0 radical (unpaired) electrons. The molecular weight excluding hydrogens is 496 g/mol. The van der Waals surface area contributed by atoms with Gasteiger partial charge in [0.15, 0.2) is 0 Å². The third kappa shape index (κ3) is 5.43. The minimum absolute atomic E-state index is 0.373. The summed E-state index contributed by atoms with van der Waals surface area (Å²) < 4.78 is 10.5. The number of carbonyl (C=O) groups is 2. The molecule has 0 aromatic heterocycles.